The van der Waals surface area contributed by atoms with Gasteiger partial charge in [-0.05, 0) is 20.8 Å². The van der Waals surface area contributed by atoms with Crippen LogP contribution in [0.1, 0.15) is 20.8 Å². The molecule has 0 aromatic heterocycles. The number of hydrogen-bond acceptors (Lipinski definition) is 3. The normalized spacial score (nSPS) is 11.1. The summed E-state index contributed by atoms with van der Waals surface area (Å²) < 4.78 is 0. The third kappa shape index (κ3) is 11.4. The number of carbonyl (C=O) groups excluding carboxylic acids is 1. The maximum atomic E-state index is 11.4. The lowest BCUT2D eigenvalue weighted by molar-refractivity contribution is -0.121. The second-order valence-electron chi connectivity index (χ2n) is 4.34. The van der Waals surface area contributed by atoms with Gasteiger partial charge in [0.05, 0.1) is 6.54 Å². The second-order valence-corrected chi connectivity index (χ2v) is 5.49. The van der Waals surface area contributed by atoms with E-state index >= 15 is 0 Å². The van der Waals surface area contributed by atoms with Crippen LogP contribution in [-0.2, 0) is 4.79 Å². The summed E-state index contributed by atoms with van der Waals surface area (Å²) in [5, 5.41) is 6.00. The molecule has 0 aliphatic heterocycles. The Bertz CT molecular complexity index is 199. The van der Waals surface area contributed by atoms with Crippen LogP contribution in [0.15, 0.2) is 12.7 Å². The molecule has 0 radical (unpaired) electrons. The zero-order chi connectivity index (χ0) is 11.7. The van der Waals surface area contributed by atoms with Crippen LogP contribution in [0.2, 0.25) is 0 Å². The standard InChI is InChI=1S/C11H22N2OS/c1-5-7-15-8-6-12-9-10(14)13-11(2,3)4/h5,12H,1,6-9H2,2-4H3,(H,13,14). The molecule has 88 valence electrons. The summed E-state index contributed by atoms with van der Waals surface area (Å²) in [6, 6.07) is 0. The Morgan fingerprint density at radius 2 is 2.13 bits per heavy atom. The molecule has 0 bridgehead atoms. The van der Waals surface area contributed by atoms with Crippen LogP contribution in [0, 0.1) is 0 Å². The molecule has 0 aromatic carbocycles. The SMILES string of the molecule is C=CCSCCNCC(=O)NC(C)(C)C. The molecule has 0 spiro atoms. The molecule has 0 fully saturated rings. The van der Waals surface area contributed by atoms with Gasteiger partial charge in [0, 0.05) is 23.6 Å². The van der Waals surface area contributed by atoms with E-state index in [2.05, 4.69) is 17.2 Å². The smallest absolute Gasteiger partial charge is 0.234 e. The average molecular weight is 230 g/mol. The minimum atomic E-state index is -0.143. The minimum Gasteiger partial charge on any atom is -0.350 e. The first-order valence-electron chi connectivity index (χ1n) is 5.16. The molecule has 0 heterocycles. The summed E-state index contributed by atoms with van der Waals surface area (Å²) in [4.78, 5) is 11.4. The molecule has 4 heteroatoms. The number of nitrogens with one attached hydrogen (secondary N) is 2. The highest BCUT2D eigenvalue weighted by atomic mass is 32.2. The van der Waals surface area contributed by atoms with Crippen molar-refractivity contribution in [2.75, 3.05) is 24.6 Å². The number of rotatable bonds is 7. The summed E-state index contributed by atoms with van der Waals surface area (Å²) in [7, 11) is 0. The zero-order valence-corrected chi connectivity index (χ0v) is 10.7. The lowest BCUT2D eigenvalue weighted by Crippen LogP contribution is -2.45. The Hall–Kier alpha value is -0.480. The van der Waals surface area contributed by atoms with Gasteiger partial charge < -0.3 is 10.6 Å². The summed E-state index contributed by atoms with van der Waals surface area (Å²) in [5.41, 5.74) is -0.143. The summed E-state index contributed by atoms with van der Waals surface area (Å²) in [6.07, 6.45) is 1.89. The molecular weight excluding hydrogens is 208 g/mol. The monoisotopic (exact) mass is 230 g/mol. The Morgan fingerprint density at radius 3 is 2.67 bits per heavy atom. The molecule has 0 unspecified atom stereocenters. The lowest BCUT2D eigenvalue weighted by atomic mass is 10.1. The van der Waals surface area contributed by atoms with Gasteiger partial charge in [-0.15, -0.1) is 6.58 Å². The topological polar surface area (TPSA) is 41.1 Å². The van der Waals surface area contributed by atoms with Crippen molar-refractivity contribution in [3.05, 3.63) is 12.7 Å². The number of carbonyl (C=O) groups is 1. The molecule has 3 nitrogen and oxygen atoms in total. The number of hydrogen-bond donors (Lipinski definition) is 2. The molecule has 2 N–H and O–H groups in total. The van der Waals surface area contributed by atoms with Crippen molar-refractivity contribution in [1.29, 1.82) is 0 Å². The van der Waals surface area contributed by atoms with Crippen LogP contribution in [0.5, 0.6) is 0 Å². The molecule has 0 rings (SSSR count). The third-order valence-corrected chi connectivity index (χ3v) is 2.42. The van der Waals surface area contributed by atoms with Crippen LogP contribution in [0.3, 0.4) is 0 Å². The van der Waals surface area contributed by atoms with E-state index in [1.54, 1.807) is 11.8 Å². The predicted octanol–water partition coefficient (Wildman–Crippen LogP) is 1.41. The molecule has 0 aliphatic rings. The van der Waals surface area contributed by atoms with E-state index in [-0.39, 0.29) is 11.4 Å². The molecule has 1 amide bonds. The van der Waals surface area contributed by atoms with Gasteiger partial charge >= 0.3 is 0 Å². The largest absolute Gasteiger partial charge is 0.350 e. The van der Waals surface area contributed by atoms with Gasteiger partial charge in [0.15, 0.2) is 0 Å². The Kier molecular flexibility index (Phi) is 7.52. The van der Waals surface area contributed by atoms with Crippen molar-refractivity contribution in [2.24, 2.45) is 0 Å². The lowest BCUT2D eigenvalue weighted by Gasteiger charge is -2.20. The van der Waals surface area contributed by atoms with Crippen molar-refractivity contribution in [1.82, 2.24) is 10.6 Å². The quantitative estimate of drug-likeness (QED) is 0.513. The van der Waals surface area contributed by atoms with Gasteiger partial charge in [0.1, 0.15) is 0 Å². The van der Waals surface area contributed by atoms with Gasteiger partial charge in [-0.25, -0.2) is 0 Å². The highest BCUT2D eigenvalue weighted by Crippen LogP contribution is 1.98. The van der Waals surface area contributed by atoms with Gasteiger partial charge in [0.25, 0.3) is 0 Å². The van der Waals surface area contributed by atoms with Crippen LogP contribution in [-0.4, -0.2) is 36.0 Å². The Balaban J connectivity index is 3.36. The highest BCUT2D eigenvalue weighted by Gasteiger charge is 2.12. The zero-order valence-electron chi connectivity index (χ0n) is 9.93. The van der Waals surface area contributed by atoms with E-state index < -0.39 is 0 Å². The maximum Gasteiger partial charge on any atom is 0.234 e. The Labute approximate surface area is 97.1 Å². The van der Waals surface area contributed by atoms with Crippen LogP contribution in [0.25, 0.3) is 0 Å². The molecule has 15 heavy (non-hydrogen) atoms. The number of amides is 1. The van der Waals surface area contributed by atoms with Crippen molar-refractivity contribution in [2.45, 2.75) is 26.3 Å². The number of thioether (sulfide) groups is 1. The molecule has 0 aliphatic carbocycles. The van der Waals surface area contributed by atoms with Gasteiger partial charge in [-0.2, -0.15) is 11.8 Å². The summed E-state index contributed by atoms with van der Waals surface area (Å²) >= 11 is 1.81. The van der Waals surface area contributed by atoms with Crippen LogP contribution >= 0.6 is 11.8 Å². The van der Waals surface area contributed by atoms with E-state index in [0.717, 1.165) is 18.1 Å². The van der Waals surface area contributed by atoms with Crippen LogP contribution < -0.4 is 10.6 Å². The van der Waals surface area contributed by atoms with Crippen LogP contribution in [0.4, 0.5) is 0 Å². The van der Waals surface area contributed by atoms with E-state index in [1.165, 1.54) is 0 Å². The second kappa shape index (κ2) is 7.77. The van der Waals surface area contributed by atoms with E-state index in [1.807, 2.05) is 26.8 Å². The average Bonchev–Trinajstić information content (AvgIpc) is 2.08. The van der Waals surface area contributed by atoms with Crippen molar-refractivity contribution in [3.8, 4) is 0 Å². The molecule has 0 atom stereocenters. The Morgan fingerprint density at radius 1 is 1.47 bits per heavy atom. The van der Waals surface area contributed by atoms with Crippen molar-refractivity contribution in [3.63, 3.8) is 0 Å². The van der Waals surface area contributed by atoms with Crippen molar-refractivity contribution < 1.29 is 4.79 Å². The minimum absolute atomic E-state index is 0.0521. The molecule has 0 saturated carbocycles. The first-order chi connectivity index (χ1) is 6.95. The van der Waals surface area contributed by atoms with E-state index in [4.69, 9.17) is 0 Å². The summed E-state index contributed by atoms with van der Waals surface area (Å²) in [6.45, 7) is 10.8. The third-order valence-electron chi connectivity index (χ3n) is 1.46. The van der Waals surface area contributed by atoms with Gasteiger partial charge in [0.2, 0.25) is 5.91 Å². The summed E-state index contributed by atoms with van der Waals surface area (Å²) in [5.74, 6) is 2.03. The first-order valence-corrected chi connectivity index (χ1v) is 6.31. The molecule has 0 aromatic rings. The maximum absolute atomic E-state index is 11.4. The molecular formula is C11H22N2OS. The van der Waals surface area contributed by atoms with E-state index in [0.29, 0.717) is 6.54 Å². The fourth-order valence-corrected chi connectivity index (χ4v) is 1.60. The highest BCUT2D eigenvalue weighted by molar-refractivity contribution is 7.99. The predicted molar refractivity (Wildman–Crippen MR) is 68.3 cm³/mol. The first kappa shape index (κ1) is 14.5. The van der Waals surface area contributed by atoms with Crippen molar-refractivity contribution >= 4 is 17.7 Å². The fraction of sp³-hybridized carbons (Fsp3) is 0.727. The van der Waals surface area contributed by atoms with Gasteiger partial charge in [-0.1, -0.05) is 6.08 Å². The van der Waals surface area contributed by atoms with Gasteiger partial charge in [-0.3, -0.25) is 4.79 Å². The fourth-order valence-electron chi connectivity index (χ4n) is 0.975. The van der Waals surface area contributed by atoms with E-state index in [9.17, 15) is 4.79 Å². The molecule has 0 saturated heterocycles.